The normalized spacial score (nSPS) is 26.1. The van der Waals surface area contributed by atoms with Crippen LogP contribution in [0.25, 0.3) is 0 Å². The van der Waals surface area contributed by atoms with Crippen LogP contribution in [0.3, 0.4) is 0 Å². The van der Waals surface area contributed by atoms with E-state index in [9.17, 15) is 37.8 Å². The second-order valence-corrected chi connectivity index (χ2v) is 9.89. The molecule has 2 bridgehead atoms. The van der Waals surface area contributed by atoms with Crippen LogP contribution in [0.4, 0.5) is 13.2 Å². The number of aliphatic hydroxyl groups excluding tert-OH is 1. The molecule has 13 heteroatoms. The Hall–Kier alpha value is -3.87. The number of hydrogen-bond acceptors (Lipinski definition) is 7. The fourth-order valence-corrected chi connectivity index (χ4v) is 5.47. The van der Waals surface area contributed by atoms with Gasteiger partial charge in [0.2, 0.25) is 5.43 Å². The summed E-state index contributed by atoms with van der Waals surface area (Å²) in [5.41, 5.74) is -4.05. The number of aryl methyl sites for hydroxylation is 1. The lowest BCUT2D eigenvalue weighted by atomic mass is 9.82. The Balaban J connectivity index is 1.57. The van der Waals surface area contributed by atoms with Crippen LogP contribution in [-0.2, 0) is 11.4 Å². The summed E-state index contributed by atoms with van der Waals surface area (Å²) in [7, 11) is 0. The first-order valence-electron chi connectivity index (χ1n) is 12.0. The largest absolute Gasteiger partial charge is 0.503 e. The first kappa shape index (κ1) is 25.8. The minimum absolute atomic E-state index is 0.0394. The molecule has 0 saturated carbocycles. The fraction of sp³-hybridized carbons (Fsp3) is 0.440. The number of nitrogens with zero attached hydrogens (tertiary/aromatic N) is 3. The summed E-state index contributed by atoms with van der Waals surface area (Å²) in [6.07, 6.45) is 0.0402. The number of alkyl halides is 1. The van der Waals surface area contributed by atoms with E-state index in [4.69, 9.17) is 4.84 Å². The summed E-state index contributed by atoms with van der Waals surface area (Å²) in [4.78, 5) is 46.3. The zero-order valence-electron chi connectivity index (χ0n) is 20.5. The number of aromatic hydroxyl groups is 1. The van der Waals surface area contributed by atoms with E-state index in [1.807, 2.05) is 0 Å². The number of hydrogen-bond donors (Lipinski definition) is 3. The Morgan fingerprint density at radius 3 is 2.61 bits per heavy atom. The van der Waals surface area contributed by atoms with E-state index in [2.05, 4.69) is 10.5 Å². The highest BCUT2D eigenvalue weighted by atomic mass is 19.1. The van der Waals surface area contributed by atoms with Gasteiger partial charge in [-0.05, 0) is 44.4 Å². The highest BCUT2D eigenvalue weighted by Gasteiger charge is 2.59. The minimum Gasteiger partial charge on any atom is -0.503 e. The van der Waals surface area contributed by atoms with E-state index in [0.717, 1.165) is 18.3 Å². The summed E-state index contributed by atoms with van der Waals surface area (Å²) in [5.74, 6) is -4.50. The molecule has 5 rings (SSSR count). The molecule has 1 aromatic heterocycles. The molecule has 0 aliphatic carbocycles. The second-order valence-electron chi connectivity index (χ2n) is 9.89. The van der Waals surface area contributed by atoms with E-state index in [-0.39, 0.29) is 24.7 Å². The molecule has 10 nitrogen and oxygen atoms in total. The number of carbonyl (C=O) groups is 2. The number of benzene rings is 1. The van der Waals surface area contributed by atoms with Gasteiger partial charge in [0.25, 0.3) is 11.8 Å². The zero-order valence-corrected chi connectivity index (χ0v) is 20.5. The first-order valence-corrected chi connectivity index (χ1v) is 12.0. The quantitative estimate of drug-likeness (QED) is 0.547. The summed E-state index contributed by atoms with van der Waals surface area (Å²) in [6, 6.07) is 0.844. The topological polar surface area (TPSA) is 133 Å². The van der Waals surface area contributed by atoms with Gasteiger partial charge >= 0.3 is 0 Å². The number of carbonyl (C=O) groups excluding carboxylic acids is 2. The van der Waals surface area contributed by atoms with Gasteiger partial charge in [0.05, 0.1) is 6.04 Å². The van der Waals surface area contributed by atoms with Crippen LogP contribution in [0, 0.1) is 18.6 Å². The average molecular weight is 534 g/mol. The van der Waals surface area contributed by atoms with Crippen LogP contribution in [0.2, 0.25) is 0 Å². The molecule has 202 valence electrons. The number of pyridine rings is 1. The molecule has 1 spiro atoms. The summed E-state index contributed by atoms with van der Waals surface area (Å²) in [6.45, 7) is 1.55. The van der Waals surface area contributed by atoms with Crippen LogP contribution < -0.4 is 10.7 Å². The van der Waals surface area contributed by atoms with Crippen molar-refractivity contribution >= 4 is 17.5 Å². The predicted octanol–water partition coefficient (Wildman–Crippen LogP) is 1.71. The fourth-order valence-electron chi connectivity index (χ4n) is 5.47. The van der Waals surface area contributed by atoms with Crippen molar-refractivity contribution in [1.82, 2.24) is 14.8 Å². The lowest BCUT2D eigenvalue weighted by molar-refractivity contribution is -0.114. The number of aromatic nitrogens is 1. The van der Waals surface area contributed by atoms with E-state index < -0.39 is 82.4 Å². The van der Waals surface area contributed by atoms with Gasteiger partial charge in [0, 0.05) is 30.9 Å². The number of oxime groups is 1. The number of halogens is 3. The highest BCUT2D eigenvalue weighted by Crippen LogP contribution is 2.46. The van der Waals surface area contributed by atoms with Crippen LogP contribution in [0.15, 0.2) is 28.3 Å². The van der Waals surface area contributed by atoms with Gasteiger partial charge in [-0.1, -0.05) is 5.16 Å². The third-order valence-corrected chi connectivity index (χ3v) is 7.63. The molecule has 38 heavy (non-hydrogen) atoms. The smallest absolute Gasteiger partial charge is 0.274 e. The number of nitrogens with one attached hydrogen (secondary N) is 1. The SMILES string of the molecule is Cc1cc(F)c(CNC(=O)c2cn3c(c(O)c2=O)C(=O)N2C[C@@H]3[C@@]3(CC[C@@H]2C)ON=C(CF)[C@@H]3O)c(F)c1. The molecule has 0 radical (unpaired) electrons. The molecule has 2 aromatic rings. The first-order chi connectivity index (χ1) is 18.0. The van der Waals surface area contributed by atoms with Crippen molar-refractivity contribution < 1.29 is 37.8 Å². The molecule has 3 aliphatic heterocycles. The van der Waals surface area contributed by atoms with Crippen LogP contribution in [0.1, 0.15) is 57.8 Å². The van der Waals surface area contributed by atoms with Crippen molar-refractivity contribution in [1.29, 1.82) is 0 Å². The molecule has 0 unspecified atom stereocenters. The summed E-state index contributed by atoms with van der Waals surface area (Å²) >= 11 is 0. The second kappa shape index (κ2) is 9.15. The third kappa shape index (κ3) is 3.75. The zero-order chi connectivity index (χ0) is 27.5. The van der Waals surface area contributed by atoms with Crippen molar-refractivity contribution in [2.24, 2.45) is 5.16 Å². The van der Waals surface area contributed by atoms with Gasteiger partial charge in [-0.2, -0.15) is 0 Å². The molecule has 1 aromatic carbocycles. The lowest BCUT2D eigenvalue weighted by Gasteiger charge is -2.43. The Kier molecular flexibility index (Phi) is 6.21. The van der Waals surface area contributed by atoms with E-state index in [1.165, 1.54) is 16.4 Å². The van der Waals surface area contributed by atoms with Crippen molar-refractivity contribution in [2.45, 2.75) is 57.0 Å². The number of rotatable bonds is 4. The molecule has 4 heterocycles. The van der Waals surface area contributed by atoms with Gasteiger partial charge in [-0.15, -0.1) is 0 Å². The van der Waals surface area contributed by atoms with Crippen molar-refractivity contribution in [3.63, 3.8) is 0 Å². The van der Waals surface area contributed by atoms with E-state index in [0.29, 0.717) is 12.0 Å². The Bertz CT molecular complexity index is 1420. The van der Waals surface area contributed by atoms with Gasteiger partial charge in [0.15, 0.2) is 17.0 Å². The summed E-state index contributed by atoms with van der Waals surface area (Å²) < 4.78 is 43.2. The molecular formula is C25H25F3N4O6. The van der Waals surface area contributed by atoms with Crippen LogP contribution in [0.5, 0.6) is 5.75 Å². The van der Waals surface area contributed by atoms with Gasteiger partial charge in [-0.25, -0.2) is 13.2 Å². The standard InChI is InChI=1S/C25H25F3N4O6/c1-11-5-15(27)13(16(28)6-11)8-29-23(36)14-9-32-18-10-31(24(37)19(32)21(34)20(14)33)12(2)3-4-25(18)22(35)17(7-26)30-38-25/h5-6,9,12,18,22,34-35H,3-4,7-8,10H2,1-2H3,(H,29,36)/t12-,18+,22-,25+/m0/s1. The molecule has 3 N–H and O–H groups in total. The maximum atomic E-state index is 14.2. The van der Waals surface area contributed by atoms with Crippen LogP contribution >= 0.6 is 0 Å². The Morgan fingerprint density at radius 2 is 1.97 bits per heavy atom. The van der Waals surface area contributed by atoms with Gasteiger partial charge < -0.3 is 29.8 Å². The van der Waals surface area contributed by atoms with Crippen molar-refractivity contribution in [3.05, 3.63) is 62.6 Å². The highest BCUT2D eigenvalue weighted by molar-refractivity contribution is 5.99. The Morgan fingerprint density at radius 1 is 1.29 bits per heavy atom. The van der Waals surface area contributed by atoms with E-state index >= 15 is 0 Å². The molecule has 3 aliphatic rings. The molecule has 1 saturated heterocycles. The van der Waals surface area contributed by atoms with Gasteiger partial charge in [0.1, 0.15) is 35.7 Å². The predicted molar refractivity (Wildman–Crippen MR) is 127 cm³/mol. The average Bonchev–Trinajstić information content (AvgIpc) is 3.12. The summed E-state index contributed by atoms with van der Waals surface area (Å²) in [5, 5.41) is 27.8. The number of amides is 2. The minimum atomic E-state index is -1.54. The third-order valence-electron chi connectivity index (χ3n) is 7.63. The van der Waals surface area contributed by atoms with Gasteiger partial charge in [-0.3, -0.25) is 14.4 Å². The maximum absolute atomic E-state index is 14.2. The van der Waals surface area contributed by atoms with Crippen molar-refractivity contribution in [3.8, 4) is 5.75 Å². The van der Waals surface area contributed by atoms with Crippen molar-refractivity contribution in [2.75, 3.05) is 13.2 Å². The maximum Gasteiger partial charge on any atom is 0.274 e. The monoisotopic (exact) mass is 534 g/mol. The molecule has 2 amide bonds. The number of fused-ring (bicyclic) bond motifs is 5. The Labute approximate surface area is 214 Å². The van der Waals surface area contributed by atoms with Crippen LogP contribution in [-0.4, -0.2) is 68.2 Å². The van der Waals surface area contributed by atoms with E-state index in [1.54, 1.807) is 6.92 Å². The molecule has 4 atom stereocenters. The molecule has 1 fully saturated rings. The lowest BCUT2D eigenvalue weighted by Crippen LogP contribution is -2.56. The molecular weight excluding hydrogens is 509 g/mol. The number of aliphatic hydroxyl groups is 1.